The van der Waals surface area contributed by atoms with Crippen molar-refractivity contribution < 1.29 is 12.8 Å². The van der Waals surface area contributed by atoms with E-state index in [0.717, 1.165) is 5.56 Å². The van der Waals surface area contributed by atoms with Gasteiger partial charge in [-0.05, 0) is 30.2 Å². The van der Waals surface area contributed by atoms with Crippen LogP contribution in [0.1, 0.15) is 5.56 Å². The van der Waals surface area contributed by atoms with Crippen LogP contribution in [0, 0.1) is 0 Å². The molecule has 0 amide bonds. The third-order valence-electron chi connectivity index (χ3n) is 2.34. The first kappa shape index (κ1) is 11.9. The molecule has 5 heteroatoms. The minimum absolute atomic E-state index is 0.284. The minimum atomic E-state index is -3.39. The number of furan rings is 1. The van der Waals surface area contributed by atoms with Gasteiger partial charge in [0, 0.05) is 6.54 Å². The third kappa shape index (κ3) is 3.18. The van der Waals surface area contributed by atoms with Gasteiger partial charge in [0.15, 0.2) is 0 Å². The molecule has 0 atom stereocenters. The molecule has 17 heavy (non-hydrogen) atoms. The molecule has 2 aromatic rings. The highest BCUT2D eigenvalue weighted by atomic mass is 32.2. The van der Waals surface area contributed by atoms with Crippen molar-refractivity contribution in [1.82, 2.24) is 4.72 Å². The molecule has 1 heterocycles. The second-order valence-electron chi connectivity index (χ2n) is 3.59. The Bertz CT molecular complexity index is 547. The Labute approximate surface area is 100 Å². The van der Waals surface area contributed by atoms with Crippen LogP contribution in [0.3, 0.4) is 0 Å². The molecule has 0 aliphatic carbocycles. The van der Waals surface area contributed by atoms with E-state index in [2.05, 4.69) is 4.72 Å². The van der Waals surface area contributed by atoms with E-state index in [4.69, 9.17) is 4.42 Å². The van der Waals surface area contributed by atoms with Crippen molar-refractivity contribution in [3.05, 3.63) is 54.5 Å². The molecule has 4 nitrogen and oxygen atoms in total. The molecule has 1 aromatic carbocycles. The van der Waals surface area contributed by atoms with Crippen molar-refractivity contribution >= 4 is 10.0 Å². The molecule has 90 valence electrons. The Morgan fingerprint density at radius 3 is 2.53 bits per heavy atom. The fourth-order valence-electron chi connectivity index (χ4n) is 1.45. The van der Waals surface area contributed by atoms with Gasteiger partial charge >= 0.3 is 0 Å². The summed E-state index contributed by atoms with van der Waals surface area (Å²) in [7, 11) is -3.39. The number of hydrogen-bond acceptors (Lipinski definition) is 3. The van der Waals surface area contributed by atoms with E-state index >= 15 is 0 Å². The highest BCUT2D eigenvalue weighted by molar-refractivity contribution is 7.89. The zero-order valence-corrected chi connectivity index (χ0v) is 9.98. The van der Waals surface area contributed by atoms with Gasteiger partial charge in [0.2, 0.25) is 10.0 Å². The fourth-order valence-corrected chi connectivity index (χ4v) is 2.50. The summed E-state index contributed by atoms with van der Waals surface area (Å²) in [5, 5.41) is 0. The van der Waals surface area contributed by atoms with Crippen molar-refractivity contribution in [1.29, 1.82) is 0 Å². The molecule has 0 saturated heterocycles. The van der Waals surface area contributed by atoms with Crippen LogP contribution in [0.15, 0.2) is 58.2 Å². The van der Waals surface area contributed by atoms with Crippen LogP contribution in [0.2, 0.25) is 0 Å². The summed E-state index contributed by atoms with van der Waals surface area (Å²) < 4.78 is 31.1. The lowest BCUT2D eigenvalue weighted by molar-refractivity contribution is 0.562. The van der Waals surface area contributed by atoms with Gasteiger partial charge in [0.05, 0.1) is 17.4 Å². The lowest BCUT2D eigenvalue weighted by atomic mass is 10.2. The van der Waals surface area contributed by atoms with Crippen LogP contribution < -0.4 is 4.72 Å². The summed E-state index contributed by atoms with van der Waals surface area (Å²) in [5.74, 6) is 0. The van der Waals surface area contributed by atoms with Crippen LogP contribution >= 0.6 is 0 Å². The molecule has 0 aliphatic heterocycles. The molecular formula is C12H13NO3S. The molecule has 0 fully saturated rings. The molecule has 0 aliphatic rings. The van der Waals surface area contributed by atoms with Crippen molar-refractivity contribution in [2.45, 2.75) is 11.3 Å². The first-order valence-corrected chi connectivity index (χ1v) is 6.72. The van der Waals surface area contributed by atoms with E-state index < -0.39 is 10.0 Å². The Morgan fingerprint density at radius 2 is 1.88 bits per heavy atom. The Kier molecular flexibility index (Phi) is 3.61. The maximum Gasteiger partial charge on any atom is 0.240 e. The summed E-state index contributed by atoms with van der Waals surface area (Å²) in [6.45, 7) is 0.358. The summed E-state index contributed by atoms with van der Waals surface area (Å²) in [6.07, 6.45) is 3.79. The van der Waals surface area contributed by atoms with Crippen molar-refractivity contribution in [3.8, 4) is 0 Å². The monoisotopic (exact) mass is 251 g/mol. The van der Waals surface area contributed by atoms with E-state index in [9.17, 15) is 8.42 Å². The quantitative estimate of drug-likeness (QED) is 0.881. The lowest BCUT2D eigenvalue weighted by Gasteiger charge is -2.05. The van der Waals surface area contributed by atoms with Crippen molar-refractivity contribution in [2.24, 2.45) is 0 Å². The standard InChI is InChI=1S/C12H13NO3S/c14-17(15,12-4-2-1-3-5-12)13-8-6-11-7-9-16-10-11/h1-5,7,9-10,13H,6,8H2. The van der Waals surface area contributed by atoms with E-state index in [1.807, 2.05) is 6.07 Å². The molecule has 0 spiro atoms. The zero-order chi connectivity index (χ0) is 12.1. The van der Waals surface area contributed by atoms with Gasteiger partial charge in [-0.1, -0.05) is 18.2 Å². The van der Waals surface area contributed by atoms with Crippen LogP contribution in [0.5, 0.6) is 0 Å². The number of hydrogen-bond donors (Lipinski definition) is 1. The van der Waals surface area contributed by atoms with Gasteiger partial charge in [-0.15, -0.1) is 0 Å². The largest absolute Gasteiger partial charge is 0.472 e. The average molecular weight is 251 g/mol. The highest BCUT2D eigenvalue weighted by Crippen LogP contribution is 2.07. The number of benzene rings is 1. The third-order valence-corrected chi connectivity index (χ3v) is 3.82. The van der Waals surface area contributed by atoms with Crippen LogP contribution in [-0.2, 0) is 16.4 Å². The van der Waals surface area contributed by atoms with Crippen LogP contribution in [-0.4, -0.2) is 15.0 Å². The fraction of sp³-hybridized carbons (Fsp3) is 0.167. The number of sulfonamides is 1. The topological polar surface area (TPSA) is 59.3 Å². The summed E-state index contributed by atoms with van der Waals surface area (Å²) in [6, 6.07) is 10.1. The van der Waals surface area contributed by atoms with Gasteiger partial charge in [-0.25, -0.2) is 13.1 Å². The van der Waals surface area contributed by atoms with Gasteiger partial charge < -0.3 is 4.42 Å². The molecule has 1 N–H and O–H groups in total. The molecule has 0 bridgehead atoms. The summed E-state index contributed by atoms with van der Waals surface area (Å²) in [5.41, 5.74) is 0.973. The van der Waals surface area contributed by atoms with E-state index in [0.29, 0.717) is 13.0 Å². The van der Waals surface area contributed by atoms with E-state index in [-0.39, 0.29) is 4.90 Å². The maximum absolute atomic E-state index is 11.8. The first-order chi connectivity index (χ1) is 8.18. The zero-order valence-electron chi connectivity index (χ0n) is 9.17. The molecule has 0 radical (unpaired) electrons. The van der Waals surface area contributed by atoms with Gasteiger partial charge in [0.25, 0.3) is 0 Å². The van der Waals surface area contributed by atoms with Crippen molar-refractivity contribution in [2.75, 3.05) is 6.54 Å². The van der Waals surface area contributed by atoms with E-state index in [1.54, 1.807) is 42.9 Å². The van der Waals surface area contributed by atoms with Gasteiger partial charge in [-0.3, -0.25) is 0 Å². The number of rotatable bonds is 5. The number of nitrogens with one attached hydrogen (secondary N) is 1. The average Bonchev–Trinajstić information content (AvgIpc) is 2.83. The minimum Gasteiger partial charge on any atom is -0.472 e. The molecule has 0 unspecified atom stereocenters. The SMILES string of the molecule is O=S(=O)(NCCc1ccoc1)c1ccccc1. The Hall–Kier alpha value is -1.59. The van der Waals surface area contributed by atoms with Crippen LogP contribution in [0.25, 0.3) is 0 Å². The summed E-state index contributed by atoms with van der Waals surface area (Å²) in [4.78, 5) is 0.284. The lowest BCUT2D eigenvalue weighted by Crippen LogP contribution is -2.25. The molecule has 1 aromatic heterocycles. The molecule has 2 rings (SSSR count). The van der Waals surface area contributed by atoms with Crippen LogP contribution in [0.4, 0.5) is 0 Å². The predicted octanol–water partition coefficient (Wildman–Crippen LogP) is 1.80. The normalized spacial score (nSPS) is 11.5. The Morgan fingerprint density at radius 1 is 1.12 bits per heavy atom. The maximum atomic E-state index is 11.8. The molecular weight excluding hydrogens is 238 g/mol. The van der Waals surface area contributed by atoms with Gasteiger partial charge in [-0.2, -0.15) is 0 Å². The second kappa shape index (κ2) is 5.16. The summed E-state index contributed by atoms with van der Waals surface area (Å²) >= 11 is 0. The first-order valence-electron chi connectivity index (χ1n) is 5.24. The predicted molar refractivity (Wildman–Crippen MR) is 64.0 cm³/mol. The van der Waals surface area contributed by atoms with E-state index in [1.165, 1.54) is 0 Å². The highest BCUT2D eigenvalue weighted by Gasteiger charge is 2.12. The smallest absolute Gasteiger partial charge is 0.240 e. The molecule has 0 saturated carbocycles. The second-order valence-corrected chi connectivity index (χ2v) is 5.36. The Balaban J connectivity index is 1.95. The van der Waals surface area contributed by atoms with Crippen molar-refractivity contribution in [3.63, 3.8) is 0 Å². The van der Waals surface area contributed by atoms with Gasteiger partial charge in [0.1, 0.15) is 0 Å².